The molecular weight excluding hydrogens is 386 g/mol. The topological polar surface area (TPSA) is 83.6 Å². The molecule has 5 rings (SSSR count). The van der Waals surface area contributed by atoms with Gasteiger partial charge in [0.15, 0.2) is 0 Å². The number of nitrogens with one attached hydrogen (secondary N) is 2. The van der Waals surface area contributed by atoms with Crippen LogP contribution in [0.3, 0.4) is 0 Å². The number of pyridine rings is 1. The number of H-pyrrole nitrogens is 1. The van der Waals surface area contributed by atoms with Gasteiger partial charge in [0.25, 0.3) is 0 Å². The minimum Gasteiger partial charge on any atom is -0.358 e. The summed E-state index contributed by atoms with van der Waals surface area (Å²) >= 11 is 0. The van der Waals surface area contributed by atoms with E-state index in [9.17, 15) is 4.79 Å². The normalized spacial score (nSPS) is 18.4. The number of aromatic amines is 1. The molecule has 1 aromatic carbocycles. The van der Waals surface area contributed by atoms with Gasteiger partial charge in [-0.15, -0.1) is 0 Å². The number of anilines is 1. The van der Waals surface area contributed by atoms with Crippen LogP contribution < -0.4 is 5.32 Å². The Hall–Kier alpha value is -3.54. The first-order valence-electron chi connectivity index (χ1n) is 10.7. The van der Waals surface area contributed by atoms with Gasteiger partial charge < -0.3 is 4.98 Å². The summed E-state index contributed by atoms with van der Waals surface area (Å²) in [5, 5.41) is 4.02. The number of carbonyl (C=O) groups is 1. The van der Waals surface area contributed by atoms with E-state index < -0.39 is 0 Å². The molecule has 3 aromatic heterocycles. The Morgan fingerprint density at radius 2 is 1.84 bits per heavy atom. The van der Waals surface area contributed by atoms with Crippen molar-refractivity contribution in [2.45, 2.75) is 39.0 Å². The summed E-state index contributed by atoms with van der Waals surface area (Å²) in [5.41, 5.74) is 6.37. The quantitative estimate of drug-likeness (QED) is 0.486. The Morgan fingerprint density at radius 3 is 2.65 bits per heavy atom. The zero-order chi connectivity index (χ0) is 21.4. The fraction of sp³-hybridized carbons (Fsp3) is 0.280. The number of hydrogen-bond acceptors (Lipinski definition) is 4. The fourth-order valence-corrected chi connectivity index (χ4v) is 4.63. The molecule has 1 amide bonds. The molecule has 1 aliphatic rings. The van der Waals surface area contributed by atoms with Crippen LogP contribution in [0.25, 0.3) is 22.0 Å². The van der Waals surface area contributed by atoms with Gasteiger partial charge in [-0.25, -0.2) is 9.97 Å². The highest BCUT2D eigenvalue weighted by molar-refractivity contribution is 5.92. The number of nitrogens with zero attached hydrogens (tertiary/aromatic N) is 3. The van der Waals surface area contributed by atoms with Crippen molar-refractivity contribution < 1.29 is 4.79 Å². The van der Waals surface area contributed by atoms with E-state index in [1.165, 1.54) is 5.56 Å². The minimum absolute atomic E-state index is 0.0147. The molecule has 2 unspecified atom stereocenters. The lowest BCUT2D eigenvalue weighted by molar-refractivity contribution is -0.120. The number of amides is 1. The zero-order valence-electron chi connectivity index (χ0n) is 17.7. The average Bonchev–Trinajstić information content (AvgIpc) is 3.41. The third-order valence-corrected chi connectivity index (χ3v) is 6.26. The first kappa shape index (κ1) is 19.4. The molecule has 0 radical (unpaired) electrons. The van der Waals surface area contributed by atoms with E-state index in [1.54, 1.807) is 12.4 Å². The molecule has 2 N–H and O–H groups in total. The van der Waals surface area contributed by atoms with Crippen LogP contribution in [0.15, 0.2) is 55.0 Å². The monoisotopic (exact) mass is 411 g/mol. The van der Waals surface area contributed by atoms with Crippen molar-refractivity contribution in [2.75, 3.05) is 5.32 Å². The molecule has 0 aliphatic heterocycles. The molecule has 1 saturated carbocycles. The summed E-state index contributed by atoms with van der Waals surface area (Å²) in [5.74, 6) is 0.407. The Bertz CT molecular complexity index is 1240. The van der Waals surface area contributed by atoms with Crippen LogP contribution in [-0.2, 0) is 4.79 Å². The Kier molecular flexibility index (Phi) is 4.98. The summed E-state index contributed by atoms with van der Waals surface area (Å²) in [4.78, 5) is 29.7. The second-order valence-electron chi connectivity index (χ2n) is 8.38. The van der Waals surface area contributed by atoms with Crippen LogP contribution in [0, 0.1) is 19.8 Å². The molecule has 0 spiro atoms. The summed E-state index contributed by atoms with van der Waals surface area (Å²) in [6.07, 6.45) is 8.31. The summed E-state index contributed by atoms with van der Waals surface area (Å²) < 4.78 is 0. The Morgan fingerprint density at radius 1 is 1.03 bits per heavy atom. The van der Waals surface area contributed by atoms with Crippen molar-refractivity contribution in [2.24, 2.45) is 5.92 Å². The van der Waals surface area contributed by atoms with Crippen LogP contribution >= 0.6 is 0 Å². The van der Waals surface area contributed by atoms with E-state index in [1.807, 2.05) is 37.4 Å². The van der Waals surface area contributed by atoms with Gasteiger partial charge in [-0.1, -0.05) is 30.7 Å². The lowest BCUT2D eigenvalue weighted by Gasteiger charge is -2.17. The van der Waals surface area contributed by atoms with Crippen molar-refractivity contribution in [1.82, 2.24) is 19.9 Å². The SMILES string of the molecule is Cc1cc2[nH]c(C3CCCC3C(=O)Nc3ncc(-c4ccccc4C)cn3)cc2cn1. The second-order valence-corrected chi connectivity index (χ2v) is 8.38. The van der Waals surface area contributed by atoms with E-state index in [0.717, 1.165) is 52.7 Å². The molecule has 4 aromatic rings. The number of fused-ring (bicyclic) bond motifs is 1. The number of benzene rings is 1. The van der Waals surface area contributed by atoms with Crippen LogP contribution in [-0.4, -0.2) is 25.8 Å². The smallest absolute Gasteiger partial charge is 0.230 e. The lowest BCUT2D eigenvalue weighted by Crippen LogP contribution is -2.26. The maximum absolute atomic E-state index is 13.1. The minimum atomic E-state index is -0.0956. The summed E-state index contributed by atoms with van der Waals surface area (Å²) in [6, 6.07) is 12.3. The van der Waals surface area contributed by atoms with Crippen LogP contribution in [0.4, 0.5) is 5.95 Å². The van der Waals surface area contributed by atoms with Crippen LogP contribution in [0.5, 0.6) is 0 Å². The zero-order valence-corrected chi connectivity index (χ0v) is 17.7. The third-order valence-electron chi connectivity index (χ3n) is 6.26. The molecular formula is C25H25N5O. The van der Waals surface area contributed by atoms with Gasteiger partial charge in [0.1, 0.15) is 0 Å². The van der Waals surface area contributed by atoms with E-state index in [2.05, 4.69) is 44.3 Å². The number of aromatic nitrogens is 4. The van der Waals surface area contributed by atoms with Gasteiger partial charge in [0, 0.05) is 58.3 Å². The predicted molar refractivity (Wildman–Crippen MR) is 122 cm³/mol. The van der Waals surface area contributed by atoms with E-state index >= 15 is 0 Å². The third kappa shape index (κ3) is 3.81. The molecule has 3 heterocycles. The van der Waals surface area contributed by atoms with Gasteiger partial charge in [0.2, 0.25) is 11.9 Å². The van der Waals surface area contributed by atoms with E-state index in [-0.39, 0.29) is 17.7 Å². The van der Waals surface area contributed by atoms with E-state index in [4.69, 9.17) is 0 Å². The molecule has 0 bridgehead atoms. The highest BCUT2D eigenvalue weighted by Crippen LogP contribution is 2.40. The molecule has 0 saturated heterocycles. The van der Waals surface area contributed by atoms with Gasteiger partial charge in [-0.2, -0.15) is 0 Å². The maximum atomic E-state index is 13.1. The first-order valence-corrected chi connectivity index (χ1v) is 10.7. The second kappa shape index (κ2) is 7.95. The van der Waals surface area contributed by atoms with Gasteiger partial charge in [-0.05, 0) is 49.9 Å². The molecule has 156 valence electrons. The van der Waals surface area contributed by atoms with Crippen LogP contribution in [0.1, 0.15) is 42.1 Å². The number of hydrogen-bond donors (Lipinski definition) is 2. The molecule has 6 heteroatoms. The Balaban J connectivity index is 1.33. The van der Waals surface area contributed by atoms with Gasteiger partial charge in [-0.3, -0.25) is 15.1 Å². The fourth-order valence-electron chi connectivity index (χ4n) is 4.63. The molecule has 1 fully saturated rings. The first-order chi connectivity index (χ1) is 15.1. The lowest BCUT2D eigenvalue weighted by atomic mass is 9.92. The summed E-state index contributed by atoms with van der Waals surface area (Å²) in [6.45, 7) is 4.04. The average molecular weight is 412 g/mol. The van der Waals surface area contributed by atoms with Gasteiger partial charge >= 0.3 is 0 Å². The number of rotatable bonds is 4. The molecule has 2 atom stereocenters. The molecule has 6 nitrogen and oxygen atoms in total. The van der Waals surface area contributed by atoms with Crippen molar-refractivity contribution in [3.05, 3.63) is 71.9 Å². The number of aryl methyl sites for hydroxylation is 2. The maximum Gasteiger partial charge on any atom is 0.230 e. The largest absolute Gasteiger partial charge is 0.358 e. The Labute approximate surface area is 181 Å². The standard InChI is InChI=1S/C25H25N5O/c1-15-6-3-4-7-19(15)18-13-27-25(28-14-18)30-24(31)21-9-5-8-20(21)23-11-17-12-26-16(2)10-22(17)29-23/h3-4,6-7,10-14,20-21,29H,5,8-9H2,1-2H3,(H,27,28,30,31). The van der Waals surface area contributed by atoms with Gasteiger partial charge in [0.05, 0.1) is 0 Å². The highest BCUT2D eigenvalue weighted by Gasteiger charge is 2.35. The van der Waals surface area contributed by atoms with Crippen molar-refractivity contribution in [3.8, 4) is 11.1 Å². The van der Waals surface area contributed by atoms with Crippen molar-refractivity contribution >= 4 is 22.8 Å². The molecule has 31 heavy (non-hydrogen) atoms. The highest BCUT2D eigenvalue weighted by atomic mass is 16.2. The molecule has 1 aliphatic carbocycles. The predicted octanol–water partition coefficient (Wildman–Crippen LogP) is 5.16. The number of carbonyl (C=O) groups excluding carboxylic acids is 1. The van der Waals surface area contributed by atoms with Crippen molar-refractivity contribution in [3.63, 3.8) is 0 Å². The van der Waals surface area contributed by atoms with Crippen molar-refractivity contribution in [1.29, 1.82) is 0 Å². The van der Waals surface area contributed by atoms with E-state index in [0.29, 0.717) is 5.95 Å². The van der Waals surface area contributed by atoms with Crippen LogP contribution in [0.2, 0.25) is 0 Å². The summed E-state index contributed by atoms with van der Waals surface area (Å²) in [7, 11) is 0.